The van der Waals surface area contributed by atoms with Crippen LogP contribution in [-0.4, -0.2) is 51.9 Å². The number of nitrogens with one attached hydrogen (secondary N) is 1. The van der Waals surface area contributed by atoms with Gasteiger partial charge in [-0.3, -0.25) is 9.89 Å². The maximum absolute atomic E-state index is 12.3. The van der Waals surface area contributed by atoms with Gasteiger partial charge in [0.1, 0.15) is 5.75 Å². The van der Waals surface area contributed by atoms with E-state index < -0.39 is 0 Å². The molecule has 1 aromatic heterocycles. The van der Waals surface area contributed by atoms with Crippen LogP contribution < -0.4 is 4.74 Å². The third kappa shape index (κ3) is 4.08. The third-order valence-electron chi connectivity index (χ3n) is 4.16. The molecule has 24 heavy (non-hydrogen) atoms. The van der Waals surface area contributed by atoms with E-state index in [1.165, 1.54) is 18.2 Å². The number of carbonyl (C=O) groups is 1. The minimum absolute atomic E-state index is 0.169. The van der Waals surface area contributed by atoms with Gasteiger partial charge < -0.3 is 9.64 Å². The molecule has 0 spiro atoms. The summed E-state index contributed by atoms with van der Waals surface area (Å²) >= 11 is 1.38. The van der Waals surface area contributed by atoms with Gasteiger partial charge in [-0.2, -0.15) is 0 Å². The summed E-state index contributed by atoms with van der Waals surface area (Å²) in [7, 11) is 1.64. The number of aromatic nitrogens is 3. The van der Waals surface area contributed by atoms with Crippen molar-refractivity contribution in [2.24, 2.45) is 5.92 Å². The Bertz CT molecular complexity index is 686. The van der Waals surface area contributed by atoms with Crippen molar-refractivity contribution >= 4 is 17.7 Å². The van der Waals surface area contributed by atoms with Crippen molar-refractivity contribution in [3.63, 3.8) is 0 Å². The van der Waals surface area contributed by atoms with E-state index in [0.717, 1.165) is 30.8 Å². The largest absolute Gasteiger partial charge is 0.497 e. The molecule has 1 aromatic carbocycles. The third-order valence-corrected chi connectivity index (χ3v) is 4.99. The van der Waals surface area contributed by atoms with E-state index in [1.54, 1.807) is 7.11 Å². The second-order valence-electron chi connectivity index (χ2n) is 6.07. The Morgan fingerprint density at radius 3 is 2.92 bits per heavy atom. The van der Waals surface area contributed by atoms with Gasteiger partial charge in [-0.15, -0.1) is 5.10 Å². The predicted molar refractivity (Wildman–Crippen MR) is 94.1 cm³/mol. The van der Waals surface area contributed by atoms with Crippen LogP contribution in [0.4, 0.5) is 0 Å². The van der Waals surface area contributed by atoms with Crippen LogP contribution in [0.25, 0.3) is 11.4 Å². The molecule has 6 nitrogen and oxygen atoms in total. The quantitative estimate of drug-likeness (QED) is 0.843. The van der Waals surface area contributed by atoms with Gasteiger partial charge >= 0.3 is 0 Å². The van der Waals surface area contributed by atoms with Gasteiger partial charge in [-0.1, -0.05) is 18.7 Å². The zero-order valence-corrected chi connectivity index (χ0v) is 14.8. The van der Waals surface area contributed by atoms with Crippen molar-refractivity contribution in [1.29, 1.82) is 0 Å². The minimum Gasteiger partial charge on any atom is -0.497 e. The van der Waals surface area contributed by atoms with Crippen molar-refractivity contribution in [2.45, 2.75) is 24.9 Å². The van der Waals surface area contributed by atoms with Crippen molar-refractivity contribution in [3.05, 3.63) is 24.3 Å². The molecule has 0 radical (unpaired) electrons. The SMILES string of the molecule is COc1ccc(-c2nc(SCC(=O)N3CCC[C@H](C)C3)n[nH]2)cc1. The Morgan fingerprint density at radius 2 is 2.21 bits per heavy atom. The van der Waals surface area contributed by atoms with Gasteiger partial charge in [0.25, 0.3) is 0 Å². The number of amides is 1. The number of thioether (sulfide) groups is 1. The molecule has 1 saturated heterocycles. The molecule has 1 aliphatic rings. The fourth-order valence-corrected chi connectivity index (χ4v) is 3.52. The number of piperidine rings is 1. The van der Waals surface area contributed by atoms with E-state index in [2.05, 4.69) is 22.1 Å². The molecule has 7 heteroatoms. The highest BCUT2D eigenvalue weighted by Gasteiger charge is 2.21. The number of hydrogen-bond acceptors (Lipinski definition) is 5. The van der Waals surface area contributed by atoms with Gasteiger partial charge in [-0.05, 0) is 43.0 Å². The van der Waals surface area contributed by atoms with E-state index in [4.69, 9.17) is 4.74 Å². The molecule has 2 heterocycles. The van der Waals surface area contributed by atoms with Crippen LogP contribution in [0.1, 0.15) is 19.8 Å². The molecule has 0 aliphatic carbocycles. The van der Waals surface area contributed by atoms with Gasteiger partial charge in [0.05, 0.1) is 12.9 Å². The Morgan fingerprint density at radius 1 is 1.42 bits per heavy atom. The van der Waals surface area contributed by atoms with E-state index >= 15 is 0 Å². The summed E-state index contributed by atoms with van der Waals surface area (Å²) in [5.41, 5.74) is 0.936. The van der Waals surface area contributed by atoms with Gasteiger partial charge in [0.2, 0.25) is 11.1 Å². The van der Waals surface area contributed by atoms with E-state index in [0.29, 0.717) is 22.7 Å². The maximum atomic E-state index is 12.3. The molecular weight excluding hydrogens is 324 g/mol. The Hall–Kier alpha value is -2.02. The second kappa shape index (κ2) is 7.70. The van der Waals surface area contributed by atoms with Crippen molar-refractivity contribution in [3.8, 4) is 17.1 Å². The number of hydrogen-bond donors (Lipinski definition) is 1. The molecule has 1 aliphatic heterocycles. The van der Waals surface area contributed by atoms with Crippen LogP contribution in [0.15, 0.2) is 29.4 Å². The molecule has 0 saturated carbocycles. The summed E-state index contributed by atoms with van der Waals surface area (Å²) in [4.78, 5) is 18.7. The summed E-state index contributed by atoms with van der Waals surface area (Å²) < 4.78 is 5.15. The second-order valence-corrected chi connectivity index (χ2v) is 7.01. The van der Waals surface area contributed by atoms with Crippen LogP contribution in [0, 0.1) is 5.92 Å². The zero-order chi connectivity index (χ0) is 16.9. The summed E-state index contributed by atoms with van der Waals surface area (Å²) in [6.07, 6.45) is 2.31. The van der Waals surface area contributed by atoms with Crippen LogP contribution in [-0.2, 0) is 4.79 Å². The Kier molecular flexibility index (Phi) is 5.40. The highest BCUT2D eigenvalue weighted by molar-refractivity contribution is 7.99. The zero-order valence-electron chi connectivity index (χ0n) is 14.0. The first kappa shape index (κ1) is 16.8. The number of rotatable bonds is 5. The highest BCUT2D eigenvalue weighted by Crippen LogP contribution is 2.22. The number of carbonyl (C=O) groups excluding carboxylic acids is 1. The number of likely N-dealkylation sites (tertiary alicyclic amines) is 1. The summed E-state index contributed by atoms with van der Waals surface area (Å²) in [6.45, 7) is 3.93. The number of H-pyrrole nitrogens is 1. The molecule has 1 amide bonds. The highest BCUT2D eigenvalue weighted by atomic mass is 32.2. The smallest absolute Gasteiger partial charge is 0.233 e. The van der Waals surface area contributed by atoms with Crippen LogP contribution >= 0.6 is 11.8 Å². The average molecular weight is 346 g/mol. The van der Waals surface area contributed by atoms with E-state index in [-0.39, 0.29) is 5.91 Å². The van der Waals surface area contributed by atoms with Crippen LogP contribution in [0.5, 0.6) is 5.75 Å². The summed E-state index contributed by atoms with van der Waals surface area (Å²) in [5, 5.41) is 7.71. The van der Waals surface area contributed by atoms with Gasteiger partial charge in [0.15, 0.2) is 5.82 Å². The van der Waals surface area contributed by atoms with E-state index in [1.807, 2.05) is 29.2 Å². The lowest BCUT2D eigenvalue weighted by atomic mass is 10.0. The van der Waals surface area contributed by atoms with Crippen molar-refractivity contribution in [1.82, 2.24) is 20.1 Å². The molecule has 2 aromatic rings. The van der Waals surface area contributed by atoms with Crippen LogP contribution in [0.2, 0.25) is 0 Å². The monoisotopic (exact) mass is 346 g/mol. The average Bonchev–Trinajstić information content (AvgIpc) is 3.09. The fourth-order valence-electron chi connectivity index (χ4n) is 2.82. The first-order chi connectivity index (χ1) is 11.7. The first-order valence-electron chi connectivity index (χ1n) is 8.13. The molecule has 1 N–H and O–H groups in total. The number of nitrogens with zero attached hydrogens (tertiary/aromatic N) is 3. The number of methoxy groups -OCH3 is 1. The lowest BCUT2D eigenvalue weighted by molar-refractivity contribution is -0.130. The fraction of sp³-hybridized carbons (Fsp3) is 0.471. The normalized spacial score (nSPS) is 17.8. The maximum Gasteiger partial charge on any atom is 0.233 e. The molecule has 0 bridgehead atoms. The summed E-state index contributed by atoms with van der Waals surface area (Å²) in [5.74, 6) is 2.64. The van der Waals surface area contributed by atoms with Crippen molar-refractivity contribution < 1.29 is 9.53 Å². The van der Waals surface area contributed by atoms with Gasteiger partial charge in [-0.25, -0.2) is 4.98 Å². The van der Waals surface area contributed by atoms with E-state index in [9.17, 15) is 4.79 Å². The molecule has 3 rings (SSSR count). The lowest BCUT2D eigenvalue weighted by Gasteiger charge is -2.30. The minimum atomic E-state index is 0.169. The first-order valence-corrected chi connectivity index (χ1v) is 9.11. The van der Waals surface area contributed by atoms with Gasteiger partial charge in [0, 0.05) is 18.7 Å². The number of benzene rings is 1. The Labute approximate surface area is 146 Å². The summed E-state index contributed by atoms with van der Waals surface area (Å²) in [6, 6.07) is 7.61. The standard InChI is InChI=1S/C17H22N4O2S/c1-12-4-3-9-21(10-12)15(22)11-24-17-18-16(19-20-17)13-5-7-14(23-2)8-6-13/h5-8,12H,3-4,9-11H2,1-2H3,(H,18,19,20)/t12-/m0/s1. The lowest BCUT2D eigenvalue weighted by Crippen LogP contribution is -2.40. The molecule has 128 valence electrons. The predicted octanol–water partition coefficient (Wildman–Crippen LogP) is 2.83. The van der Waals surface area contributed by atoms with Crippen molar-refractivity contribution in [2.75, 3.05) is 26.0 Å². The topological polar surface area (TPSA) is 71.1 Å². The Balaban J connectivity index is 1.56. The molecule has 0 unspecified atom stereocenters. The molecular formula is C17H22N4O2S. The number of ether oxygens (including phenoxy) is 1. The number of aromatic amines is 1. The molecule has 1 atom stereocenters. The van der Waals surface area contributed by atoms with Crippen LogP contribution in [0.3, 0.4) is 0 Å². The molecule has 1 fully saturated rings.